The Morgan fingerprint density at radius 2 is 2.00 bits per heavy atom. The van der Waals surface area contributed by atoms with Crippen molar-refractivity contribution in [2.24, 2.45) is 4.99 Å². The summed E-state index contributed by atoms with van der Waals surface area (Å²) in [5.74, 6) is 0.361. The molecule has 3 N–H and O–H groups in total. The van der Waals surface area contributed by atoms with E-state index in [1.165, 1.54) is 12.1 Å². The topological polar surface area (TPSA) is 74.8 Å². The fraction of sp³-hybridized carbons (Fsp3) is 0.300. The molecule has 0 aliphatic carbocycles. The standard InChI is InChI=1S/C20H23ClF2N4O2/c1-3-25-20(26-11-13-5-4-6-14(9-13)18(28)24-2)27-12-15-10-16(21)7-8-17(15)29-19(22)23/h4-10,19H,3,11-12H2,1-2H3,(H,24,28)(H2,25,26,27). The molecule has 2 rings (SSSR count). The van der Waals surface area contributed by atoms with Crippen LogP contribution in [0.2, 0.25) is 5.02 Å². The largest absolute Gasteiger partial charge is 0.434 e. The minimum absolute atomic E-state index is 0.0472. The first-order valence-corrected chi connectivity index (χ1v) is 9.37. The van der Waals surface area contributed by atoms with Crippen LogP contribution in [0.4, 0.5) is 8.78 Å². The van der Waals surface area contributed by atoms with E-state index in [-0.39, 0.29) is 18.2 Å². The van der Waals surface area contributed by atoms with Gasteiger partial charge in [-0.25, -0.2) is 4.99 Å². The highest BCUT2D eigenvalue weighted by atomic mass is 35.5. The molecule has 0 radical (unpaired) electrons. The quantitative estimate of drug-likeness (QED) is 0.447. The number of nitrogens with one attached hydrogen (secondary N) is 3. The maximum absolute atomic E-state index is 12.6. The highest BCUT2D eigenvalue weighted by Crippen LogP contribution is 2.24. The Balaban J connectivity index is 2.11. The minimum atomic E-state index is -2.93. The van der Waals surface area contributed by atoms with Crippen LogP contribution in [0.15, 0.2) is 47.5 Å². The second-order valence-electron chi connectivity index (χ2n) is 5.96. The van der Waals surface area contributed by atoms with Gasteiger partial charge in [0.25, 0.3) is 5.91 Å². The first-order valence-electron chi connectivity index (χ1n) is 8.99. The predicted octanol–water partition coefficient (Wildman–Crippen LogP) is 3.56. The van der Waals surface area contributed by atoms with Crippen molar-refractivity contribution in [3.05, 3.63) is 64.2 Å². The lowest BCUT2D eigenvalue weighted by atomic mass is 10.1. The molecule has 0 aliphatic rings. The number of ether oxygens (including phenoxy) is 1. The lowest BCUT2D eigenvalue weighted by molar-refractivity contribution is -0.0504. The smallest absolute Gasteiger partial charge is 0.387 e. The van der Waals surface area contributed by atoms with Crippen molar-refractivity contribution < 1.29 is 18.3 Å². The molecule has 0 fully saturated rings. The summed E-state index contributed by atoms with van der Waals surface area (Å²) in [6.45, 7) is 0.112. The van der Waals surface area contributed by atoms with Crippen LogP contribution in [0.1, 0.15) is 28.4 Å². The summed E-state index contributed by atoms with van der Waals surface area (Å²) < 4.78 is 29.7. The maximum atomic E-state index is 12.6. The van der Waals surface area contributed by atoms with Crippen molar-refractivity contribution in [2.75, 3.05) is 13.6 Å². The third-order valence-corrected chi connectivity index (χ3v) is 4.10. The Morgan fingerprint density at radius 1 is 1.21 bits per heavy atom. The number of amides is 1. The van der Waals surface area contributed by atoms with Crippen molar-refractivity contribution >= 4 is 23.5 Å². The van der Waals surface area contributed by atoms with E-state index in [0.29, 0.717) is 35.2 Å². The minimum Gasteiger partial charge on any atom is -0.434 e. The molecular weight excluding hydrogens is 402 g/mol. The van der Waals surface area contributed by atoms with Crippen LogP contribution >= 0.6 is 11.6 Å². The van der Waals surface area contributed by atoms with Gasteiger partial charge in [-0.05, 0) is 42.8 Å². The molecule has 29 heavy (non-hydrogen) atoms. The number of alkyl halides is 2. The van der Waals surface area contributed by atoms with Gasteiger partial charge in [-0.2, -0.15) is 8.78 Å². The summed E-state index contributed by atoms with van der Waals surface area (Å²) in [7, 11) is 1.57. The van der Waals surface area contributed by atoms with E-state index < -0.39 is 6.61 Å². The molecule has 9 heteroatoms. The molecular formula is C20H23ClF2N4O2. The number of carbonyl (C=O) groups is 1. The number of aliphatic imine (C=N–C) groups is 1. The van der Waals surface area contributed by atoms with Crippen molar-refractivity contribution in [1.29, 1.82) is 0 Å². The molecule has 0 spiro atoms. The monoisotopic (exact) mass is 424 g/mol. The molecule has 6 nitrogen and oxygen atoms in total. The lowest BCUT2D eigenvalue weighted by Crippen LogP contribution is -2.36. The van der Waals surface area contributed by atoms with E-state index in [4.69, 9.17) is 11.6 Å². The Bertz CT molecular complexity index is 862. The van der Waals surface area contributed by atoms with Crippen LogP contribution < -0.4 is 20.7 Å². The van der Waals surface area contributed by atoms with Gasteiger partial charge in [0.05, 0.1) is 6.54 Å². The highest BCUT2D eigenvalue weighted by molar-refractivity contribution is 6.30. The van der Waals surface area contributed by atoms with Gasteiger partial charge in [-0.1, -0.05) is 23.7 Å². The number of benzene rings is 2. The SMILES string of the molecule is CCNC(=NCc1cccc(C(=O)NC)c1)NCc1cc(Cl)ccc1OC(F)F. The van der Waals surface area contributed by atoms with Gasteiger partial charge in [-0.3, -0.25) is 4.79 Å². The van der Waals surface area contributed by atoms with Gasteiger partial charge in [0, 0.05) is 36.3 Å². The van der Waals surface area contributed by atoms with Crippen LogP contribution in [-0.4, -0.2) is 32.1 Å². The molecule has 0 saturated carbocycles. The van der Waals surface area contributed by atoms with Crippen LogP contribution in [0, 0.1) is 0 Å². The third-order valence-electron chi connectivity index (χ3n) is 3.87. The number of carbonyl (C=O) groups excluding carboxylic acids is 1. The van der Waals surface area contributed by atoms with E-state index in [9.17, 15) is 13.6 Å². The van der Waals surface area contributed by atoms with Crippen molar-refractivity contribution in [3.63, 3.8) is 0 Å². The summed E-state index contributed by atoms with van der Waals surface area (Å²) in [4.78, 5) is 16.2. The number of halogens is 3. The van der Waals surface area contributed by atoms with Gasteiger partial charge < -0.3 is 20.7 Å². The summed E-state index contributed by atoms with van der Waals surface area (Å²) in [5.41, 5.74) is 1.88. The van der Waals surface area contributed by atoms with Gasteiger partial charge in [0.1, 0.15) is 5.75 Å². The van der Waals surface area contributed by atoms with Crippen molar-refractivity contribution in [1.82, 2.24) is 16.0 Å². The first-order chi connectivity index (χ1) is 13.9. The van der Waals surface area contributed by atoms with Crippen LogP contribution in [0.3, 0.4) is 0 Å². The summed E-state index contributed by atoms with van der Waals surface area (Å²) >= 11 is 5.97. The molecule has 2 aromatic carbocycles. The Kier molecular flexibility index (Phi) is 8.67. The number of hydrogen-bond donors (Lipinski definition) is 3. The molecule has 0 heterocycles. The summed E-state index contributed by atoms with van der Waals surface area (Å²) in [5, 5.41) is 9.15. The van der Waals surface area contributed by atoms with E-state index in [1.807, 2.05) is 13.0 Å². The average Bonchev–Trinajstić information content (AvgIpc) is 2.71. The molecule has 0 aliphatic heterocycles. The predicted molar refractivity (Wildman–Crippen MR) is 110 cm³/mol. The van der Waals surface area contributed by atoms with Crippen molar-refractivity contribution in [2.45, 2.75) is 26.6 Å². The van der Waals surface area contributed by atoms with Crippen LogP contribution in [0.25, 0.3) is 0 Å². The highest BCUT2D eigenvalue weighted by Gasteiger charge is 2.11. The zero-order valence-corrected chi connectivity index (χ0v) is 16.9. The van der Waals surface area contributed by atoms with Gasteiger partial charge in [-0.15, -0.1) is 0 Å². The molecule has 0 unspecified atom stereocenters. The summed E-state index contributed by atoms with van der Waals surface area (Å²) in [6.07, 6.45) is 0. The fourth-order valence-electron chi connectivity index (χ4n) is 2.54. The average molecular weight is 425 g/mol. The molecule has 0 saturated heterocycles. The molecule has 156 valence electrons. The second kappa shape index (κ2) is 11.2. The number of hydrogen-bond acceptors (Lipinski definition) is 3. The maximum Gasteiger partial charge on any atom is 0.387 e. The fourth-order valence-corrected chi connectivity index (χ4v) is 2.74. The Labute approximate surface area is 173 Å². The first kappa shape index (κ1) is 22.4. The molecule has 1 amide bonds. The normalized spacial score (nSPS) is 11.3. The van der Waals surface area contributed by atoms with E-state index >= 15 is 0 Å². The molecule has 0 aromatic heterocycles. The summed E-state index contributed by atoms with van der Waals surface area (Å²) in [6, 6.07) is 11.6. The number of guanidine groups is 1. The second-order valence-corrected chi connectivity index (χ2v) is 6.40. The van der Waals surface area contributed by atoms with Crippen LogP contribution in [0.5, 0.6) is 5.75 Å². The Hall–Kier alpha value is -2.87. The molecule has 2 aromatic rings. The van der Waals surface area contributed by atoms with Gasteiger partial charge >= 0.3 is 6.61 Å². The zero-order valence-electron chi connectivity index (χ0n) is 16.1. The number of nitrogens with zero attached hydrogens (tertiary/aromatic N) is 1. The number of rotatable bonds is 8. The van der Waals surface area contributed by atoms with Gasteiger partial charge in [0.15, 0.2) is 5.96 Å². The van der Waals surface area contributed by atoms with Crippen molar-refractivity contribution in [3.8, 4) is 5.75 Å². The third kappa shape index (κ3) is 7.23. The lowest BCUT2D eigenvalue weighted by Gasteiger charge is -2.15. The van der Waals surface area contributed by atoms with E-state index in [0.717, 1.165) is 5.56 Å². The molecule has 0 atom stereocenters. The Morgan fingerprint density at radius 3 is 2.69 bits per heavy atom. The molecule has 0 bridgehead atoms. The van der Waals surface area contributed by atoms with E-state index in [1.54, 1.807) is 31.3 Å². The van der Waals surface area contributed by atoms with E-state index in [2.05, 4.69) is 25.7 Å². The van der Waals surface area contributed by atoms with Gasteiger partial charge in [0.2, 0.25) is 0 Å². The van der Waals surface area contributed by atoms with Crippen LogP contribution in [-0.2, 0) is 13.1 Å². The zero-order chi connectivity index (χ0) is 21.2.